The molecular formula is C32H31Cl2N7O6S. The second kappa shape index (κ2) is 12.9. The molecule has 2 N–H and O–H groups in total. The number of rotatable bonds is 10. The van der Waals surface area contributed by atoms with Crippen molar-refractivity contribution in [2.45, 2.75) is 49.7 Å². The van der Waals surface area contributed by atoms with Gasteiger partial charge in [0.15, 0.2) is 5.03 Å². The Morgan fingerprint density at radius 1 is 1.06 bits per heavy atom. The molecule has 4 heterocycles. The molecule has 13 nitrogen and oxygen atoms in total. The summed E-state index contributed by atoms with van der Waals surface area (Å²) in [6.45, 7) is 2.99. The Balaban J connectivity index is 1.40. The fourth-order valence-electron chi connectivity index (χ4n) is 6.14. The molecule has 2 aromatic carbocycles. The van der Waals surface area contributed by atoms with Gasteiger partial charge in [-0.3, -0.25) is 19.0 Å². The van der Waals surface area contributed by atoms with Crippen LogP contribution in [0.4, 0.5) is 11.6 Å². The molecule has 0 saturated carbocycles. The number of hydrogen-bond donors (Lipinski definition) is 2. The Hall–Kier alpha value is -4.37. The van der Waals surface area contributed by atoms with Crippen LogP contribution < -0.4 is 10.2 Å². The van der Waals surface area contributed by atoms with Gasteiger partial charge < -0.3 is 10.4 Å². The molecule has 2 amide bonds. The first-order valence-electron chi connectivity index (χ1n) is 15.1. The Labute approximate surface area is 286 Å². The van der Waals surface area contributed by atoms with E-state index >= 15 is 0 Å². The minimum atomic E-state index is -4.41. The normalized spacial score (nSPS) is 20.1. The van der Waals surface area contributed by atoms with Gasteiger partial charge in [0.1, 0.15) is 17.9 Å². The molecule has 250 valence electrons. The van der Waals surface area contributed by atoms with Gasteiger partial charge in [-0.05, 0) is 49.1 Å². The van der Waals surface area contributed by atoms with E-state index in [1.165, 1.54) is 35.0 Å². The van der Waals surface area contributed by atoms with E-state index in [0.717, 1.165) is 21.0 Å². The molecule has 6 rings (SSSR count). The van der Waals surface area contributed by atoms with Crippen LogP contribution in [0.1, 0.15) is 32.3 Å². The Kier molecular flexibility index (Phi) is 9.02. The van der Waals surface area contributed by atoms with E-state index in [2.05, 4.69) is 20.3 Å². The third-order valence-electron chi connectivity index (χ3n) is 8.65. The van der Waals surface area contributed by atoms with Crippen LogP contribution >= 0.6 is 23.2 Å². The van der Waals surface area contributed by atoms with Crippen molar-refractivity contribution in [3.8, 4) is 11.1 Å². The monoisotopic (exact) mass is 711 g/mol. The van der Waals surface area contributed by atoms with Crippen LogP contribution in [0.15, 0.2) is 72.4 Å². The lowest BCUT2D eigenvalue weighted by molar-refractivity contribution is -0.141. The number of sulfonamides is 1. The zero-order valence-electron chi connectivity index (χ0n) is 25.9. The van der Waals surface area contributed by atoms with Gasteiger partial charge in [-0.1, -0.05) is 54.4 Å². The zero-order valence-corrected chi connectivity index (χ0v) is 28.2. The van der Waals surface area contributed by atoms with Crippen molar-refractivity contribution >= 4 is 62.6 Å². The molecule has 0 aliphatic carbocycles. The third kappa shape index (κ3) is 6.04. The number of halogens is 2. The van der Waals surface area contributed by atoms with Crippen LogP contribution in [0.3, 0.4) is 0 Å². The van der Waals surface area contributed by atoms with Gasteiger partial charge in [-0.2, -0.15) is 4.31 Å². The van der Waals surface area contributed by atoms with Gasteiger partial charge in [-0.15, -0.1) is 0 Å². The van der Waals surface area contributed by atoms with E-state index in [4.69, 9.17) is 23.2 Å². The van der Waals surface area contributed by atoms with Crippen molar-refractivity contribution in [3.63, 3.8) is 0 Å². The first-order chi connectivity index (χ1) is 22.8. The molecule has 16 heteroatoms. The lowest BCUT2D eigenvalue weighted by Gasteiger charge is -2.29. The van der Waals surface area contributed by atoms with Crippen molar-refractivity contribution in [2.24, 2.45) is 5.92 Å². The number of hydrogen-bond acceptors (Lipinski definition) is 8. The predicted octanol–water partition coefficient (Wildman–Crippen LogP) is 4.27. The van der Waals surface area contributed by atoms with E-state index in [0.29, 0.717) is 12.1 Å². The highest BCUT2D eigenvalue weighted by Gasteiger charge is 2.53. The molecule has 0 bridgehead atoms. The average Bonchev–Trinajstić information content (AvgIpc) is 3.77. The van der Waals surface area contributed by atoms with Gasteiger partial charge in [-0.25, -0.2) is 28.3 Å². The molecule has 3 unspecified atom stereocenters. The van der Waals surface area contributed by atoms with Crippen molar-refractivity contribution in [2.75, 3.05) is 18.0 Å². The number of carbonyl (C=O) groups is 3. The number of aromatic nitrogens is 4. The van der Waals surface area contributed by atoms with E-state index in [-0.39, 0.29) is 47.0 Å². The summed E-state index contributed by atoms with van der Waals surface area (Å²) < 4.78 is 31.3. The SMILES string of the molecule is CC(CNC(=O)C1CCCN1S(=O)(=O)c1cnc2n1C(C)(Cc1ccc(-c3cncnc3)cc1)C(=O)N2c1cc(Cl)cc(Cl)c1)C(=O)O. The maximum Gasteiger partial charge on any atom is 0.308 e. The van der Waals surface area contributed by atoms with Crippen LogP contribution in [-0.4, -0.2) is 74.3 Å². The molecule has 0 radical (unpaired) electrons. The van der Waals surface area contributed by atoms with Gasteiger partial charge in [0.2, 0.25) is 11.9 Å². The molecule has 3 atom stereocenters. The van der Waals surface area contributed by atoms with Crippen LogP contribution in [0.25, 0.3) is 11.1 Å². The molecule has 1 fully saturated rings. The topological polar surface area (TPSA) is 168 Å². The Morgan fingerprint density at radius 3 is 2.38 bits per heavy atom. The summed E-state index contributed by atoms with van der Waals surface area (Å²) in [5.74, 6) is -2.94. The van der Waals surface area contributed by atoms with Crippen molar-refractivity contribution < 1.29 is 27.9 Å². The summed E-state index contributed by atoms with van der Waals surface area (Å²) in [5.41, 5.74) is 1.23. The number of amides is 2. The average molecular weight is 713 g/mol. The second-order valence-electron chi connectivity index (χ2n) is 12.0. The molecule has 2 aliphatic heterocycles. The van der Waals surface area contributed by atoms with Gasteiger partial charge >= 0.3 is 5.97 Å². The number of nitrogens with one attached hydrogen (secondary N) is 1. The van der Waals surface area contributed by atoms with E-state index in [9.17, 15) is 27.9 Å². The molecule has 2 aromatic heterocycles. The summed E-state index contributed by atoms with van der Waals surface area (Å²) in [5, 5.41) is 12.1. The van der Waals surface area contributed by atoms with E-state index < -0.39 is 45.3 Å². The quantitative estimate of drug-likeness (QED) is 0.244. The minimum Gasteiger partial charge on any atom is -0.481 e. The fraction of sp³-hybridized carbons (Fsp3) is 0.312. The largest absolute Gasteiger partial charge is 0.481 e. The van der Waals surface area contributed by atoms with Crippen LogP contribution in [0.2, 0.25) is 10.0 Å². The van der Waals surface area contributed by atoms with Crippen LogP contribution in [-0.2, 0) is 36.4 Å². The number of nitrogens with zero attached hydrogens (tertiary/aromatic N) is 6. The molecule has 2 aliphatic rings. The Bertz CT molecular complexity index is 1990. The molecule has 1 saturated heterocycles. The predicted molar refractivity (Wildman–Crippen MR) is 177 cm³/mol. The van der Waals surface area contributed by atoms with Crippen molar-refractivity contribution in [3.05, 3.63) is 83.0 Å². The highest BCUT2D eigenvalue weighted by atomic mass is 35.5. The first kappa shape index (κ1) is 33.5. The Morgan fingerprint density at radius 2 is 1.73 bits per heavy atom. The maximum atomic E-state index is 14.5. The highest BCUT2D eigenvalue weighted by molar-refractivity contribution is 7.89. The number of benzene rings is 2. The van der Waals surface area contributed by atoms with Crippen LogP contribution in [0, 0.1) is 5.92 Å². The van der Waals surface area contributed by atoms with E-state index in [1.807, 2.05) is 24.3 Å². The highest BCUT2D eigenvalue weighted by Crippen LogP contribution is 2.45. The molecule has 48 heavy (non-hydrogen) atoms. The van der Waals surface area contributed by atoms with E-state index in [1.54, 1.807) is 31.5 Å². The van der Waals surface area contributed by atoms with Crippen LogP contribution in [0.5, 0.6) is 0 Å². The number of anilines is 2. The number of carbonyl (C=O) groups excluding carboxylic acids is 2. The summed E-state index contributed by atoms with van der Waals surface area (Å²) in [7, 11) is -4.41. The van der Waals surface area contributed by atoms with Crippen molar-refractivity contribution in [1.82, 2.24) is 29.1 Å². The molecular weight excluding hydrogens is 681 g/mol. The number of carboxylic acids is 1. The minimum absolute atomic E-state index is 0.0490. The zero-order chi connectivity index (χ0) is 34.4. The standard InChI is InChI=1S/C32H31Cl2N7O6S/c1-19(29(43)44)14-37-28(42)26-4-3-9-39(26)48(46,47)27-17-38-31-40(25-11-23(33)10-24(34)12-25)30(45)32(2,41(27)31)13-20-5-7-21(8-6-20)22-15-35-18-36-16-22/h5-8,10-12,15-19,26H,3-4,9,13-14H2,1-2H3,(H,37,42)(H,43,44). The van der Waals surface area contributed by atoms with Gasteiger partial charge in [0, 0.05) is 47.5 Å². The smallest absolute Gasteiger partial charge is 0.308 e. The van der Waals surface area contributed by atoms with Crippen molar-refractivity contribution in [1.29, 1.82) is 0 Å². The summed E-state index contributed by atoms with van der Waals surface area (Å²) in [6.07, 6.45) is 6.74. The lowest BCUT2D eigenvalue weighted by Crippen LogP contribution is -2.48. The summed E-state index contributed by atoms with van der Waals surface area (Å²) in [4.78, 5) is 52.8. The third-order valence-corrected chi connectivity index (χ3v) is 11.0. The summed E-state index contributed by atoms with van der Waals surface area (Å²) in [6, 6.07) is 11.0. The number of carboxylic acid groups (broad SMARTS) is 1. The first-order valence-corrected chi connectivity index (χ1v) is 17.3. The number of fused-ring (bicyclic) bond motifs is 1. The fourth-order valence-corrected chi connectivity index (χ4v) is 8.50. The molecule has 4 aromatic rings. The molecule has 0 spiro atoms. The van der Waals surface area contributed by atoms with Gasteiger partial charge in [0.25, 0.3) is 15.9 Å². The van der Waals surface area contributed by atoms with Gasteiger partial charge in [0.05, 0.1) is 17.8 Å². The number of aliphatic carboxylic acids is 1. The number of imidazole rings is 1. The second-order valence-corrected chi connectivity index (χ2v) is 14.7. The maximum absolute atomic E-state index is 14.5. The summed E-state index contributed by atoms with van der Waals surface area (Å²) >= 11 is 12.6. The lowest BCUT2D eigenvalue weighted by atomic mass is 9.91.